The molecule has 0 radical (unpaired) electrons. The molecule has 0 bridgehead atoms. The van der Waals surface area contributed by atoms with Crippen LogP contribution in [0.15, 0.2) is 18.3 Å². The van der Waals surface area contributed by atoms with Crippen molar-refractivity contribution in [2.24, 2.45) is 11.8 Å². The van der Waals surface area contributed by atoms with Gasteiger partial charge < -0.3 is 10.3 Å². The Kier molecular flexibility index (Phi) is 4.74. The average molecular weight is 262 g/mol. The van der Waals surface area contributed by atoms with E-state index in [4.69, 9.17) is 5.84 Å². The smallest absolute Gasteiger partial charge is 0.272 e. The number of pyridine rings is 1. The van der Waals surface area contributed by atoms with Crippen molar-refractivity contribution in [3.63, 3.8) is 0 Å². The summed E-state index contributed by atoms with van der Waals surface area (Å²) in [4.78, 5) is 18.4. The van der Waals surface area contributed by atoms with Crippen LogP contribution < -0.4 is 11.3 Å². The number of likely N-dealkylation sites (tertiary alicyclic amines) is 1. The summed E-state index contributed by atoms with van der Waals surface area (Å²) in [5.74, 6) is 6.13. The van der Waals surface area contributed by atoms with E-state index in [1.54, 1.807) is 18.3 Å². The summed E-state index contributed by atoms with van der Waals surface area (Å²) < 4.78 is 0. The van der Waals surface area contributed by atoms with Crippen LogP contribution in [0.3, 0.4) is 0 Å². The van der Waals surface area contributed by atoms with Crippen LogP contribution in [0.1, 0.15) is 43.1 Å². The lowest BCUT2D eigenvalue weighted by Crippen LogP contribution is -2.38. The van der Waals surface area contributed by atoms with Gasteiger partial charge in [-0.05, 0) is 30.9 Å². The van der Waals surface area contributed by atoms with Crippen molar-refractivity contribution in [3.8, 4) is 0 Å². The number of nitrogens with two attached hydrogens (primary N) is 1. The standard InChI is InChI=1S/C14H22N4O/c1-2-3-11-5-8-18(9-6-11)14(19)13-10-12(17-15)4-7-16-13/h4,7,10-11H,2-3,5-6,8-9,15H2,1H3,(H,16,17). The second kappa shape index (κ2) is 6.52. The third-order valence-corrected chi connectivity index (χ3v) is 3.74. The van der Waals surface area contributed by atoms with E-state index < -0.39 is 0 Å². The fourth-order valence-electron chi connectivity index (χ4n) is 2.63. The van der Waals surface area contributed by atoms with E-state index in [9.17, 15) is 4.79 Å². The van der Waals surface area contributed by atoms with Crippen molar-refractivity contribution < 1.29 is 4.79 Å². The van der Waals surface area contributed by atoms with Crippen LogP contribution in [0.2, 0.25) is 0 Å². The molecule has 0 atom stereocenters. The zero-order valence-corrected chi connectivity index (χ0v) is 11.4. The number of hydrogen-bond acceptors (Lipinski definition) is 4. The van der Waals surface area contributed by atoms with Crippen molar-refractivity contribution >= 4 is 11.6 Å². The van der Waals surface area contributed by atoms with E-state index in [1.807, 2.05) is 4.90 Å². The number of nitrogens with one attached hydrogen (secondary N) is 1. The molecule has 0 spiro atoms. The lowest BCUT2D eigenvalue weighted by Gasteiger charge is -2.31. The van der Waals surface area contributed by atoms with Gasteiger partial charge in [-0.25, -0.2) is 0 Å². The van der Waals surface area contributed by atoms with Gasteiger partial charge in [0.2, 0.25) is 0 Å². The Morgan fingerprint density at radius 3 is 2.89 bits per heavy atom. The highest BCUT2D eigenvalue weighted by atomic mass is 16.2. The zero-order valence-electron chi connectivity index (χ0n) is 11.4. The summed E-state index contributed by atoms with van der Waals surface area (Å²) >= 11 is 0. The molecule has 1 amide bonds. The van der Waals surface area contributed by atoms with Gasteiger partial charge in [0.05, 0.1) is 5.69 Å². The summed E-state index contributed by atoms with van der Waals surface area (Å²) in [7, 11) is 0. The van der Waals surface area contributed by atoms with Crippen LogP contribution in [0.5, 0.6) is 0 Å². The molecule has 3 N–H and O–H groups in total. The summed E-state index contributed by atoms with van der Waals surface area (Å²) in [6, 6.07) is 3.44. The number of amides is 1. The molecule has 1 saturated heterocycles. The van der Waals surface area contributed by atoms with Gasteiger partial charge in [0.1, 0.15) is 5.69 Å². The molecule has 1 fully saturated rings. The monoisotopic (exact) mass is 262 g/mol. The van der Waals surface area contributed by atoms with Crippen molar-refractivity contribution in [3.05, 3.63) is 24.0 Å². The second-order valence-electron chi connectivity index (χ2n) is 5.10. The maximum absolute atomic E-state index is 12.3. The molecule has 5 heteroatoms. The Labute approximate surface area is 114 Å². The maximum Gasteiger partial charge on any atom is 0.272 e. The van der Waals surface area contributed by atoms with Gasteiger partial charge in [0.15, 0.2) is 0 Å². The average Bonchev–Trinajstić information content (AvgIpc) is 2.48. The minimum Gasteiger partial charge on any atom is -0.337 e. The molecule has 0 aromatic carbocycles. The molecule has 0 saturated carbocycles. The SMILES string of the molecule is CCCC1CCN(C(=O)c2cc(NN)ccn2)CC1. The molecular weight excluding hydrogens is 240 g/mol. The predicted molar refractivity (Wildman–Crippen MR) is 75.6 cm³/mol. The molecule has 1 aliphatic heterocycles. The molecule has 1 aliphatic rings. The second-order valence-corrected chi connectivity index (χ2v) is 5.10. The number of hydrogen-bond donors (Lipinski definition) is 2. The minimum atomic E-state index is 0.00653. The van der Waals surface area contributed by atoms with Crippen LogP contribution in [-0.4, -0.2) is 28.9 Å². The van der Waals surface area contributed by atoms with Crippen molar-refractivity contribution in [2.75, 3.05) is 18.5 Å². The van der Waals surface area contributed by atoms with Gasteiger partial charge in [0, 0.05) is 19.3 Å². The number of nitrogen functional groups attached to an aromatic ring is 1. The number of anilines is 1. The molecule has 2 heterocycles. The number of carbonyl (C=O) groups is 1. The first kappa shape index (κ1) is 13.8. The number of hydrazine groups is 1. The van der Waals surface area contributed by atoms with Crippen LogP contribution in [0.4, 0.5) is 5.69 Å². The molecule has 1 aromatic heterocycles. The topological polar surface area (TPSA) is 71.2 Å². The highest BCUT2D eigenvalue weighted by Gasteiger charge is 2.23. The molecule has 1 aromatic rings. The van der Waals surface area contributed by atoms with Crippen molar-refractivity contribution in [2.45, 2.75) is 32.6 Å². The number of piperidine rings is 1. The lowest BCUT2D eigenvalue weighted by molar-refractivity contribution is 0.0680. The molecule has 5 nitrogen and oxygen atoms in total. The normalized spacial score (nSPS) is 16.4. The highest BCUT2D eigenvalue weighted by molar-refractivity contribution is 5.93. The first-order valence-electron chi connectivity index (χ1n) is 6.96. The van der Waals surface area contributed by atoms with Gasteiger partial charge in [0.25, 0.3) is 5.91 Å². The first-order chi connectivity index (χ1) is 9.24. The van der Waals surface area contributed by atoms with Gasteiger partial charge in [-0.1, -0.05) is 19.8 Å². The quantitative estimate of drug-likeness (QED) is 0.643. The molecule has 0 unspecified atom stereocenters. The fourth-order valence-corrected chi connectivity index (χ4v) is 2.63. The molecule has 2 rings (SSSR count). The fraction of sp³-hybridized carbons (Fsp3) is 0.571. The lowest BCUT2D eigenvalue weighted by atomic mass is 9.92. The van der Waals surface area contributed by atoms with E-state index in [2.05, 4.69) is 17.3 Å². The van der Waals surface area contributed by atoms with Gasteiger partial charge >= 0.3 is 0 Å². The molecule has 104 valence electrons. The van der Waals surface area contributed by atoms with E-state index in [-0.39, 0.29) is 5.91 Å². The van der Waals surface area contributed by atoms with Gasteiger partial charge in [-0.2, -0.15) is 0 Å². The van der Waals surface area contributed by atoms with E-state index in [0.29, 0.717) is 11.4 Å². The number of nitrogens with zero attached hydrogens (tertiary/aromatic N) is 2. The third kappa shape index (κ3) is 3.44. The number of rotatable bonds is 4. The van der Waals surface area contributed by atoms with Gasteiger partial charge in [-0.3, -0.25) is 15.6 Å². The maximum atomic E-state index is 12.3. The molecular formula is C14H22N4O. The molecule has 19 heavy (non-hydrogen) atoms. The zero-order chi connectivity index (χ0) is 13.7. The predicted octanol–water partition coefficient (Wildman–Crippen LogP) is 2.02. The Morgan fingerprint density at radius 2 is 2.26 bits per heavy atom. The summed E-state index contributed by atoms with van der Waals surface area (Å²) in [6.07, 6.45) is 6.31. The van der Waals surface area contributed by atoms with Crippen LogP contribution in [0, 0.1) is 5.92 Å². The van der Waals surface area contributed by atoms with Crippen LogP contribution >= 0.6 is 0 Å². The van der Waals surface area contributed by atoms with E-state index >= 15 is 0 Å². The number of carbonyl (C=O) groups excluding carboxylic acids is 1. The third-order valence-electron chi connectivity index (χ3n) is 3.74. The number of aromatic nitrogens is 1. The summed E-state index contributed by atoms with van der Waals surface area (Å²) in [5, 5.41) is 0. The summed E-state index contributed by atoms with van der Waals surface area (Å²) in [5.41, 5.74) is 3.71. The largest absolute Gasteiger partial charge is 0.337 e. The van der Waals surface area contributed by atoms with E-state index in [0.717, 1.165) is 31.8 Å². The Balaban J connectivity index is 1.97. The van der Waals surface area contributed by atoms with Crippen molar-refractivity contribution in [1.82, 2.24) is 9.88 Å². The van der Waals surface area contributed by atoms with Crippen LogP contribution in [-0.2, 0) is 0 Å². The highest BCUT2D eigenvalue weighted by Crippen LogP contribution is 2.22. The Hall–Kier alpha value is -1.62. The minimum absolute atomic E-state index is 0.00653. The first-order valence-corrected chi connectivity index (χ1v) is 6.96. The Bertz CT molecular complexity index is 427. The summed E-state index contributed by atoms with van der Waals surface area (Å²) in [6.45, 7) is 3.89. The van der Waals surface area contributed by atoms with Crippen LogP contribution in [0.25, 0.3) is 0 Å². The van der Waals surface area contributed by atoms with Gasteiger partial charge in [-0.15, -0.1) is 0 Å². The van der Waals surface area contributed by atoms with Crippen molar-refractivity contribution in [1.29, 1.82) is 0 Å². The van der Waals surface area contributed by atoms with E-state index in [1.165, 1.54) is 12.8 Å². The molecule has 0 aliphatic carbocycles. The Morgan fingerprint density at radius 1 is 1.53 bits per heavy atom.